The number of amides is 2. The van der Waals surface area contributed by atoms with Crippen LogP contribution in [0.2, 0.25) is 0 Å². The van der Waals surface area contributed by atoms with Gasteiger partial charge in [0.25, 0.3) is 0 Å². The van der Waals surface area contributed by atoms with E-state index in [1.54, 1.807) is 0 Å². The molecule has 2 amide bonds. The van der Waals surface area contributed by atoms with Gasteiger partial charge in [-0.3, -0.25) is 9.59 Å². The lowest BCUT2D eigenvalue weighted by atomic mass is 9.84. The Bertz CT molecular complexity index is 3050. The predicted molar refractivity (Wildman–Crippen MR) is 255 cm³/mol. The minimum atomic E-state index is -0.630. The van der Waals surface area contributed by atoms with Crippen LogP contribution in [-0.2, 0) is 62.7 Å². The van der Waals surface area contributed by atoms with Gasteiger partial charge in [-0.1, -0.05) is 133 Å². The number of hydrogen-bond donors (Lipinski definition) is 0. The summed E-state index contributed by atoms with van der Waals surface area (Å²) in [5.74, 6) is -1.53. The third-order valence-electron chi connectivity index (χ3n) is 13.9. The van der Waals surface area contributed by atoms with Crippen molar-refractivity contribution in [3.05, 3.63) is 185 Å². The summed E-state index contributed by atoms with van der Waals surface area (Å²) in [4.78, 5) is 60.1. The summed E-state index contributed by atoms with van der Waals surface area (Å²) in [5, 5.41) is 4.17. The number of anilines is 1. The molecule has 0 saturated carbocycles. The Morgan fingerprint density at radius 1 is 0.569 bits per heavy atom. The molecule has 6 aromatic carbocycles. The molecule has 326 valence electrons. The highest BCUT2D eigenvalue weighted by Gasteiger charge is 2.36. The van der Waals surface area contributed by atoms with Crippen molar-refractivity contribution < 1.29 is 23.9 Å². The van der Waals surface area contributed by atoms with E-state index in [-0.39, 0.29) is 42.8 Å². The molecule has 0 radical (unpaired) electrons. The fourth-order valence-corrected chi connectivity index (χ4v) is 10.9. The molecule has 2 unspecified atom stereocenters. The van der Waals surface area contributed by atoms with Crippen molar-refractivity contribution in [2.24, 2.45) is 11.8 Å². The number of fused-ring (bicyclic) bond motifs is 7. The summed E-state index contributed by atoms with van der Waals surface area (Å²) in [5.41, 5.74) is 8.94. The zero-order chi connectivity index (χ0) is 44.6. The van der Waals surface area contributed by atoms with Crippen LogP contribution in [0.5, 0.6) is 0 Å². The summed E-state index contributed by atoms with van der Waals surface area (Å²) >= 11 is 0. The second-order valence-corrected chi connectivity index (χ2v) is 17.5. The molecule has 0 fully saturated rings. The van der Waals surface area contributed by atoms with E-state index >= 15 is 0 Å². The average Bonchev–Trinajstić information content (AvgIpc) is 3.82. The lowest BCUT2D eigenvalue weighted by Gasteiger charge is -2.33. The fraction of sp³-hybridized carbons (Fsp3) is 0.250. The molecule has 8 aromatic rings. The van der Waals surface area contributed by atoms with E-state index in [2.05, 4.69) is 54.6 Å². The van der Waals surface area contributed by atoms with Crippen molar-refractivity contribution >= 4 is 62.0 Å². The number of para-hydroxylation sites is 2. The first-order valence-corrected chi connectivity index (χ1v) is 22.9. The van der Waals surface area contributed by atoms with Crippen molar-refractivity contribution in [2.75, 3.05) is 18.5 Å². The fourth-order valence-electron chi connectivity index (χ4n) is 10.9. The van der Waals surface area contributed by atoms with Crippen LogP contribution in [0.25, 0.3) is 32.6 Å². The van der Waals surface area contributed by atoms with Crippen molar-refractivity contribution in [3.63, 3.8) is 0 Å². The quantitative estimate of drug-likeness (QED) is 0.0954. The van der Waals surface area contributed by atoms with Crippen LogP contribution in [-0.4, -0.2) is 51.4 Å². The molecule has 2 aliphatic carbocycles. The number of rotatable bonds is 11. The number of benzene rings is 6. The lowest BCUT2D eigenvalue weighted by Crippen LogP contribution is -2.39. The maximum atomic E-state index is 14.4. The van der Waals surface area contributed by atoms with Crippen molar-refractivity contribution in [2.45, 2.75) is 64.6 Å². The molecular weight excluding hydrogens is 809 g/mol. The molecule has 2 aromatic heterocycles. The van der Waals surface area contributed by atoms with Gasteiger partial charge in [0.2, 0.25) is 11.8 Å². The molecule has 0 bridgehead atoms. The van der Waals surface area contributed by atoms with Crippen LogP contribution in [0.1, 0.15) is 59.4 Å². The van der Waals surface area contributed by atoms with Gasteiger partial charge >= 0.3 is 11.9 Å². The normalized spacial score (nSPS) is 15.7. The third kappa shape index (κ3) is 7.79. The Morgan fingerprint density at radius 3 is 1.57 bits per heavy atom. The highest BCUT2D eigenvalue weighted by atomic mass is 16.6. The molecule has 9 heteroatoms. The molecule has 2 atom stereocenters. The van der Waals surface area contributed by atoms with Crippen molar-refractivity contribution in [3.8, 4) is 0 Å². The predicted octanol–water partition coefficient (Wildman–Crippen LogP) is 10.0. The van der Waals surface area contributed by atoms with Gasteiger partial charge in [0, 0.05) is 64.0 Å². The molecule has 0 saturated heterocycles. The molecule has 0 aliphatic heterocycles. The SMILES string of the molecule is CCN(C(=O)C1CCc2c(c3ccccc3n2CC(=O)OC(=O)Cn2c3c(c4ccccc42)CC(C(=O)N(C)C(c2ccccc2)c2ccccc2)CC3)C1)c1cccc2ccccc12. The highest BCUT2D eigenvalue weighted by Crippen LogP contribution is 2.39. The lowest BCUT2D eigenvalue weighted by molar-refractivity contribution is -0.160. The summed E-state index contributed by atoms with van der Waals surface area (Å²) in [6, 6.07) is 50.3. The summed E-state index contributed by atoms with van der Waals surface area (Å²) in [6.07, 6.45) is 3.62. The smallest absolute Gasteiger partial charge is 0.333 e. The van der Waals surface area contributed by atoms with E-state index in [0.717, 1.165) is 71.9 Å². The number of carbonyl (C=O) groups is 4. The Kier molecular flexibility index (Phi) is 11.4. The van der Waals surface area contributed by atoms with Gasteiger partial charge in [-0.15, -0.1) is 0 Å². The van der Waals surface area contributed by atoms with Crippen LogP contribution in [0.3, 0.4) is 0 Å². The maximum absolute atomic E-state index is 14.4. The van der Waals surface area contributed by atoms with Crippen LogP contribution in [0.15, 0.2) is 152 Å². The number of hydrogen-bond acceptors (Lipinski definition) is 5. The van der Waals surface area contributed by atoms with Gasteiger partial charge in [-0.2, -0.15) is 0 Å². The van der Waals surface area contributed by atoms with Gasteiger partial charge in [-0.25, -0.2) is 9.59 Å². The molecular formula is C56H52N4O5. The number of aromatic nitrogens is 2. The summed E-state index contributed by atoms with van der Waals surface area (Å²) in [6.45, 7) is 2.34. The van der Waals surface area contributed by atoms with Gasteiger partial charge < -0.3 is 23.7 Å². The first-order valence-electron chi connectivity index (χ1n) is 22.9. The molecule has 0 N–H and O–H groups in total. The minimum absolute atomic E-state index is 0.0842. The average molecular weight is 861 g/mol. The maximum Gasteiger partial charge on any atom is 0.333 e. The van der Waals surface area contributed by atoms with E-state index < -0.39 is 11.9 Å². The van der Waals surface area contributed by atoms with E-state index in [0.29, 0.717) is 45.1 Å². The number of ether oxygens (including phenoxy) is 1. The number of esters is 2. The standard InChI is InChI=1S/C56H52N4O5/c1-3-58(47-28-16-22-37-17-10-11-23-42(37)47)56(64)41-30-32-51-46(34-41)44-25-13-15-27-49(44)60(51)36-53(62)65-52(61)35-59-48-26-14-12-24-43(48)45-33-40(29-31-50(45)59)55(63)57(2)54(38-18-6-4-7-19-38)39-20-8-5-9-21-39/h4-28,40-41,54H,3,29-36H2,1-2H3. The van der Waals surface area contributed by atoms with E-state index in [4.69, 9.17) is 4.74 Å². The van der Waals surface area contributed by atoms with Crippen LogP contribution < -0.4 is 4.90 Å². The highest BCUT2D eigenvalue weighted by molar-refractivity contribution is 6.05. The first-order chi connectivity index (χ1) is 31.8. The van der Waals surface area contributed by atoms with Gasteiger partial charge in [0.05, 0.1) is 11.7 Å². The summed E-state index contributed by atoms with van der Waals surface area (Å²) in [7, 11) is 1.90. The third-order valence-corrected chi connectivity index (χ3v) is 13.9. The van der Waals surface area contributed by atoms with Gasteiger partial charge in [-0.05, 0) is 91.3 Å². The monoisotopic (exact) mass is 860 g/mol. The molecule has 9 nitrogen and oxygen atoms in total. The molecule has 65 heavy (non-hydrogen) atoms. The number of carbonyl (C=O) groups excluding carboxylic acids is 4. The number of nitrogens with zero attached hydrogens (tertiary/aromatic N) is 4. The molecule has 2 aliphatic rings. The minimum Gasteiger partial charge on any atom is -0.390 e. The first kappa shape index (κ1) is 41.7. The van der Waals surface area contributed by atoms with Gasteiger partial charge in [0.15, 0.2) is 0 Å². The van der Waals surface area contributed by atoms with Crippen molar-refractivity contribution in [1.82, 2.24) is 14.0 Å². The van der Waals surface area contributed by atoms with Crippen LogP contribution in [0.4, 0.5) is 5.69 Å². The molecule has 2 heterocycles. The molecule has 10 rings (SSSR count). The van der Waals surface area contributed by atoms with E-state index in [1.165, 1.54) is 0 Å². The molecule has 0 spiro atoms. The Labute approximate surface area is 378 Å². The van der Waals surface area contributed by atoms with E-state index in [1.807, 2.05) is 130 Å². The topological polar surface area (TPSA) is 93.9 Å². The second-order valence-electron chi connectivity index (χ2n) is 17.5. The Morgan fingerprint density at radius 2 is 1.03 bits per heavy atom. The summed E-state index contributed by atoms with van der Waals surface area (Å²) < 4.78 is 9.58. The second kappa shape index (κ2) is 17.7. The Balaban J connectivity index is 0.848. The largest absolute Gasteiger partial charge is 0.390 e. The van der Waals surface area contributed by atoms with E-state index in [9.17, 15) is 19.2 Å². The van der Waals surface area contributed by atoms with Crippen LogP contribution >= 0.6 is 0 Å². The van der Waals surface area contributed by atoms with Crippen LogP contribution in [0, 0.1) is 11.8 Å². The Hall–Kier alpha value is -7.26. The van der Waals surface area contributed by atoms with Gasteiger partial charge in [0.1, 0.15) is 13.1 Å². The van der Waals surface area contributed by atoms with Crippen molar-refractivity contribution in [1.29, 1.82) is 0 Å². The zero-order valence-electron chi connectivity index (χ0n) is 36.9. The zero-order valence-corrected chi connectivity index (χ0v) is 36.9.